The van der Waals surface area contributed by atoms with E-state index < -0.39 is 29.2 Å². The fourth-order valence-electron chi connectivity index (χ4n) is 4.17. The maximum atomic E-state index is 13.1. The predicted molar refractivity (Wildman–Crippen MR) is 133 cm³/mol. The van der Waals surface area contributed by atoms with E-state index in [4.69, 9.17) is 10.6 Å². The molecule has 5 heterocycles. The smallest absolute Gasteiger partial charge is 0.352 e. The number of carbonyl (C=O) groups is 3. The monoisotopic (exact) mass is 531 g/mol. The van der Waals surface area contributed by atoms with Crippen molar-refractivity contribution in [1.29, 1.82) is 0 Å². The number of aromatic nitrogens is 1. The molecule has 0 bridgehead atoms. The largest absolute Gasteiger partial charge is 0.477 e. The van der Waals surface area contributed by atoms with Crippen molar-refractivity contribution in [2.45, 2.75) is 24.5 Å². The number of oxime groups is 1. The quantitative estimate of drug-likeness (QED) is 0.239. The van der Waals surface area contributed by atoms with Crippen LogP contribution in [0.15, 0.2) is 44.1 Å². The lowest BCUT2D eigenvalue weighted by atomic mass is 10.0. The molecular weight excluding hydrogens is 510 g/mol. The van der Waals surface area contributed by atoms with Crippen LogP contribution >= 0.6 is 23.1 Å². The van der Waals surface area contributed by atoms with Crippen LogP contribution in [0.4, 0.5) is 5.13 Å². The molecule has 5 rings (SSSR count). The first-order valence-electron chi connectivity index (χ1n) is 10.7. The Bertz CT molecular complexity index is 1290. The van der Waals surface area contributed by atoms with E-state index in [-0.39, 0.29) is 34.9 Å². The van der Waals surface area contributed by atoms with Gasteiger partial charge in [-0.2, -0.15) is 5.01 Å². The summed E-state index contributed by atoms with van der Waals surface area (Å²) in [6.07, 6.45) is 4.93. The number of hydrazine groups is 1. The molecule has 1 aromatic rings. The number of carboxylic acids is 1. The molecular formula is C20H21N9O5S2. The Morgan fingerprint density at radius 2 is 2.22 bits per heavy atom. The summed E-state index contributed by atoms with van der Waals surface area (Å²) in [6, 6.07) is -0.934. The van der Waals surface area contributed by atoms with Crippen molar-refractivity contribution >= 4 is 63.9 Å². The molecule has 0 aliphatic carbocycles. The number of nitrogens with zero attached hydrogens (tertiary/aromatic N) is 7. The molecule has 0 radical (unpaired) electrons. The lowest BCUT2D eigenvalue weighted by Crippen LogP contribution is -2.71. The summed E-state index contributed by atoms with van der Waals surface area (Å²) >= 11 is 2.50. The van der Waals surface area contributed by atoms with E-state index in [1.807, 2.05) is 11.9 Å². The molecule has 0 aromatic carbocycles. The van der Waals surface area contributed by atoms with E-state index in [1.54, 1.807) is 28.9 Å². The van der Waals surface area contributed by atoms with E-state index in [0.717, 1.165) is 11.3 Å². The number of amides is 2. The van der Waals surface area contributed by atoms with Crippen molar-refractivity contribution in [2.75, 3.05) is 25.1 Å². The molecule has 4 aliphatic heterocycles. The first kappa shape index (κ1) is 24.0. The third-order valence-electron chi connectivity index (χ3n) is 5.77. The van der Waals surface area contributed by atoms with Gasteiger partial charge in [-0.15, -0.1) is 23.1 Å². The number of hydrogen-bond donors (Lipinski definition) is 3. The summed E-state index contributed by atoms with van der Waals surface area (Å²) in [4.78, 5) is 56.9. The molecule has 0 spiro atoms. The van der Waals surface area contributed by atoms with Crippen molar-refractivity contribution in [1.82, 2.24) is 25.2 Å². The van der Waals surface area contributed by atoms with Crippen LogP contribution in [0.5, 0.6) is 0 Å². The number of nitrogens with one attached hydrogen (secondary N) is 1. The van der Waals surface area contributed by atoms with Gasteiger partial charge in [0.05, 0.1) is 0 Å². The summed E-state index contributed by atoms with van der Waals surface area (Å²) < 4.78 is 0. The molecule has 16 heteroatoms. The van der Waals surface area contributed by atoms with Gasteiger partial charge in [0.15, 0.2) is 10.8 Å². The van der Waals surface area contributed by atoms with Crippen molar-refractivity contribution < 1.29 is 24.3 Å². The molecule has 1 fully saturated rings. The molecule has 1 saturated heterocycles. The number of hydrogen-bond acceptors (Lipinski definition) is 13. The minimum absolute atomic E-state index is 0.0857. The van der Waals surface area contributed by atoms with E-state index in [1.165, 1.54) is 23.8 Å². The summed E-state index contributed by atoms with van der Waals surface area (Å²) in [5.41, 5.74) is 6.20. The van der Waals surface area contributed by atoms with Gasteiger partial charge in [0.1, 0.15) is 36.1 Å². The first-order chi connectivity index (χ1) is 17.3. The highest BCUT2D eigenvalue weighted by molar-refractivity contribution is 8.00. The Kier molecular flexibility index (Phi) is 6.23. The van der Waals surface area contributed by atoms with Crippen molar-refractivity contribution in [3.63, 3.8) is 0 Å². The van der Waals surface area contributed by atoms with Crippen LogP contribution in [0.2, 0.25) is 0 Å². The molecule has 4 aliphatic rings. The fraction of sp³-hybridized carbons (Fsp3) is 0.350. The summed E-state index contributed by atoms with van der Waals surface area (Å²) in [6.45, 7) is 2.12. The van der Waals surface area contributed by atoms with E-state index >= 15 is 0 Å². The third kappa shape index (κ3) is 4.02. The zero-order valence-electron chi connectivity index (χ0n) is 19.1. The number of thiazole rings is 1. The van der Waals surface area contributed by atoms with E-state index in [9.17, 15) is 19.5 Å². The lowest BCUT2D eigenvalue weighted by Gasteiger charge is -2.49. The van der Waals surface area contributed by atoms with Gasteiger partial charge in [0.2, 0.25) is 5.96 Å². The number of carboxylic acid groups (broad SMARTS) is 1. The lowest BCUT2D eigenvalue weighted by molar-refractivity contribution is -0.150. The topological polar surface area (TPSA) is 178 Å². The number of guanidine groups is 1. The Morgan fingerprint density at radius 1 is 1.42 bits per heavy atom. The van der Waals surface area contributed by atoms with Gasteiger partial charge in [-0.1, -0.05) is 5.16 Å². The molecule has 4 N–H and O–H groups in total. The molecule has 1 aromatic heterocycles. The number of nitrogen functional groups attached to an aromatic ring is 1. The first-order valence-corrected chi connectivity index (χ1v) is 12.6. The predicted octanol–water partition coefficient (Wildman–Crippen LogP) is -0.353. The van der Waals surface area contributed by atoms with Crippen molar-refractivity contribution in [2.24, 2.45) is 15.1 Å². The standard InChI is InChI=1S/C20H21N9O5S2/c1-9-23-20-22-4-3-5-27(20)28(9)6-10-7-35-17-13(16(31)29(17)14(10)18(32)33)25-15(30)12(26-34-2)11-8-36-19(21)24-11/h3-5,8-9,13,17H,6-7H2,1-2H3,(H2,21,24)(H,25,30)(H,32,33)/b26-12-/t9?,13-,17+/m1/s1. The molecule has 1 unspecified atom stereocenters. The highest BCUT2D eigenvalue weighted by atomic mass is 32.2. The van der Waals surface area contributed by atoms with Crippen LogP contribution in [0.25, 0.3) is 0 Å². The van der Waals surface area contributed by atoms with Crippen molar-refractivity contribution in [3.05, 3.63) is 34.6 Å². The molecule has 36 heavy (non-hydrogen) atoms. The second kappa shape index (κ2) is 9.36. The van der Waals surface area contributed by atoms with Gasteiger partial charge < -0.3 is 21.0 Å². The van der Waals surface area contributed by atoms with Gasteiger partial charge in [0, 0.05) is 30.1 Å². The Hall–Kier alpha value is -3.76. The van der Waals surface area contributed by atoms with Crippen LogP contribution in [0.1, 0.15) is 12.6 Å². The molecule has 0 saturated carbocycles. The highest BCUT2D eigenvalue weighted by Crippen LogP contribution is 2.41. The second-order valence-corrected chi connectivity index (χ2v) is 9.93. The number of aliphatic carboxylic acids is 1. The van der Waals surface area contributed by atoms with Gasteiger partial charge in [-0.3, -0.25) is 14.5 Å². The zero-order valence-corrected chi connectivity index (χ0v) is 20.7. The van der Waals surface area contributed by atoms with Crippen LogP contribution in [0.3, 0.4) is 0 Å². The minimum atomic E-state index is -1.21. The summed E-state index contributed by atoms with van der Waals surface area (Å²) in [7, 11) is 1.28. The average Bonchev–Trinajstić information content (AvgIpc) is 3.42. The fourth-order valence-corrected chi connectivity index (χ4v) is 6.06. The molecule has 14 nitrogen and oxygen atoms in total. The number of rotatable bonds is 7. The number of allylic oxidation sites excluding steroid dienone is 1. The Labute approximate surface area is 212 Å². The molecule has 188 valence electrons. The Balaban J connectivity index is 1.34. The van der Waals surface area contributed by atoms with Crippen LogP contribution < -0.4 is 11.1 Å². The van der Waals surface area contributed by atoms with E-state index in [0.29, 0.717) is 17.3 Å². The molecule has 2 amide bonds. The maximum absolute atomic E-state index is 13.1. The maximum Gasteiger partial charge on any atom is 0.352 e. The summed E-state index contributed by atoms with van der Waals surface area (Å²) in [5, 5.41) is 21.2. The van der Waals surface area contributed by atoms with Crippen LogP contribution in [0, 0.1) is 0 Å². The van der Waals surface area contributed by atoms with Gasteiger partial charge >= 0.3 is 5.97 Å². The molecule has 3 atom stereocenters. The normalized spacial score (nSPS) is 25.4. The number of β-lactam (4-membered cyclic amide) rings is 1. The number of carbonyl (C=O) groups excluding carboxylic acids is 2. The van der Waals surface area contributed by atoms with Gasteiger partial charge in [-0.05, 0) is 18.6 Å². The highest BCUT2D eigenvalue weighted by Gasteiger charge is 2.54. The number of nitrogens with two attached hydrogens (primary N) is 1. The van der Waals surface area contributed by atoms with Gasteiger partial charge in [-0.25, -0.2) is 24.8 Å². The van der Waals surface area contributed by atoms with E-state index in [2.05, 4.69) is 25.4 Å². The number of aliphatic imine (C=N–C) groups is 2. The van der Waals surface area contributed by atoms with Crippen LogP contribution in [-0.4, -0.2) is 97.7 Å². The van der Waals surface area contributed by atoms with Crippen LogP contribution in [-0.2, 0) is 19.2 Å². The SMILES string of the molecule is CO/N=C(\C(=O)N[C@@H]1C(=O)N2C(C(=O)O)=C(CN3C(C)N=C4N=CC=CN43)CS[C@@H]12)c1csc(N)n1. The number of fused-ring (bicyclic) bond motifs is 2. The third-order valence-corrected chi connectivity index (χ3v) is 7.78. The number of anilines is 1. The van der Waals surface area contributed by atoms with Crippen molar-refractivity contribution in [3.8, 4) is 0 Å². The summed E-state index contributed by atoms with van der Waals surface area (Å²) in [5.74, 6) is -1.56. The average molecular weight is 532 g/mol. The Morgan fingerprint density at radius 3 is 2.92 bits per heavy atom. The number of thioether (sulfide) groups is 1. The van der Waals surface area contributed by atoms with Gasteiger partial charge in [0.25, 0.3) is 11.8 Å². The second-order valence-electron chi connectivity index (χ2n) is 7.93. The minimum Gasteiger partial charge on any atom is -0.477 e. The zero-order chi connectivity index (χ0) is 25.6.